The van der Waals surface area contributed by atoms with Crippen molar-refractivity contribution in [2.24, 2.45) is 0 Å². The van der Waals surface area contributed by atoms with Gasteiger partial charge in [0.2, 0.25) is 0 Å². The van der Waals surface area contributed by atoms with Crippen molar-refractivity contribution >= 4 is 21.5 Å². The van der Waals surface area contributed by atoms with E-state index in [0.29, 0.717) is 5.13 Å². The third-order valence-corrected chi connectivity index (χ3v) is 4.19. The summed E-state index contributed by atoms with van der Waals surface area (Å²) in [5.41, 5.74) is 0. The van der Waals surface area contributed by atoms with Crippen LogP contribution in [-0.2, 0) is 0 Å². The van der Waals surface area contributed by atoms with Gasteiger partial charge in [-0.05, 0) is 24.2 Å². The van der Waals surface area contributed by atoms with Gasteiger partial charge in [-0.2, -0.15) is 0 Å². The van der Waals surface area contributed by atoms with Gasteiger partial charge in [-0.15, -0.1) is 0 Å². The van der Waals surface area contributed by atoms with Gasteiger partial charge in [0, 0.05) is 7.05 Å². The first kappa shape index (κ1) is 12.3. The van der Waals surface area contributed by atoms with Gasteiger partial charge in [0.05, 0.1) is 17.1 Å². The smallest absolute Gasteiger partial charge is 0.345 e. The Morgan fingerprint density at radius 3 is 2.88 bits per heavy atom. The molecule has 2 unspecified atom stereocenters. The van der Waals surface area contributed by atoms with E-state index in [1.54, 1.807) is 0 Å². The van der Waals surface area contributed by atoms with E-state index in [-0.39, 0.29) is 17.1 Å². The maximum absolute atomic E-state index is 10.6. The summed E-state index contributed by atoms with van der Waals surface area (Å²) in [7, 11) is 1.84. The molecule has 1 heterocycles. The van der Waals surface area contributed by atoms with E-state index >= 15 is 0 Å². The molecule has 1 aliphatic carbocycles. The molecule has 0 bridgehead atoms. The van der Waals surface area contributed by atoms with Gasteiger partial charge in [0.15, 0.2) is 5.13 Å². The van der Waals surface area contributed by atoms with Crippen molar-refractivity contribution < 1.29 is 10.0 Å². The summed E-state index contributed by atoms with van der Waals surface area (Å²) in [4.78, 5) is 16.0. The van der Waals surface area contributed by atoms with Crippen molar-refractivity contribution in [3.63, 3.8) is 0 Å². The SMILES string of the molecule is CN(c1ncc([N+](=O)[O-])s1)C1CCCCC1O. The second-order valence-electron chi connectivity index (χ2n) is 4.27. The van der Waals surface area contributed by atoms with E-state index in [4.69, 9.17) is 0 Å². The van der Waals surface area contributed by atoms with Crippen LogP contribution in [0.1, 0.15) is 25.7 Å². The van der Waals surface area contributed by atoms with Gasteiger partial charge < -0.3 is 10.0 Å². The molecule has 6 nitrogen and oxygen atoms in total. The molecule has 2 atom stereocenters. The topological polar surface area (TPSA) is 79.5 Å². The first-order chi connectivity index (χ1) is 8.09. The molecule has 0 aromatic carbocycles. The average molecular weight is 257 g/mol. The number of aromatic nitrogens is 1. The Morgan fingerprint density at radius 2 is 2.29 bits per heavy atom. The number of rotatable bonds is 3. The highest BCUT2D eigenvalue weighted by atomic mass is 32.1. The fraction of sp³-hybridized carbons (Fsp3) is 0.700. The number of aliphatic hydroxyl groups excluding tert-OH is 1. The summed E-state index contributed by atoms with van der Waals surface area (Å²) in [6.07, 6.45) is 4.74. The number of nitro groups is 1. The van der Waals surface area contributed by atoms with E-state index in [1.807, 2.05) is 11.9 Å². The zero-order valence-corrected chi connectivity index (χ0v) is 10.4. The molecule has 7 heteroatoms. The van der Waals surface area contributed by atoms with Gasteiger partial charge in [0.1, 0.15) is 6.20 Å². The summed E-state index contributed by atoms with van der Waals surface area (Å²) < 4.78 is 0. The van der Waals surface area contributed by atoms with Gasteiger partial charge in [0.25, 0.3) is 0 Å². The predicted molar refractivity (Wildman–Crippen MR) is 65.4 cm³/mol. The Hall–Kier alpha value is -1.21. The molecule has 17 heavy (non-hydrogen) atoms. The average Bonchev–Trinajstić information content (AvgIpc) is 2.78. The predicted octanol–water partition coefficient (Wildman–Crippen LogP) is 1.79. The van der Waals surface area contributed by atoms with E-state index in [1.165, 1.54) is 6.20 Å². The maximum Gasteiger partial charge on any atom is 0.345 e. The van der Waals surface area contributed by atoms with Crippen LogP contribution in [0, 0.1) is 10.1 Å². The Bertz CT molecular complexity index is 409. The van der Waals surface area contributed by atoms with Crippen molar-refractivity contribution in [2.45, 2.75) is 37.8 Å². The number of hydrogen-bond donors (Lipinski definition) is 1. The summed E-state index contributed by atoms with van der Waals surface area (Å²) >= 11 is 1.05. The zero-order chi connectivity index (χ0) is 12.4. The molecule has 0 spiro atoms. The second-order valence-corrected chi connectivity index (χ2v) is 5.26. The number of nitrogens with zero attached hydrogens (tertiary/aromatic N) is 3. The Labute approximate surface area is 103 Å². The molecular formula is C10H15N3O3S. The Morgan fingerprint density at radius 1 is 1.59 bits per heavy atom. The Balaban J connectivity index is 2.12. The summed E-state index contributed by atoms with van der Waals surface area (Å²) in [6.45, 7) is 0. The van der Waals surface area contributed by atoms with Crippen LogP contribution in [0.3, 0.4) is 0 Å². The lowest BCUT2D eigenvalue weighted by molar-refractivity contribution is -0.380. The second kappa shape index (κ2) is 4.97. The highest BCUT2D eigenvalue weighted by Crippen LogP contribution is 2.32. The minimum atomic E-state index is -0.438. The molecule has 0 radical (unpaired) electrons. The third kappa shape index (κ3) is 2.55. The highest BCUT2D eigenvalue weighted by molar-refractivity contribution is 7.18. The number of aliphatic hydroxyl groups is 1. The van der Waals surface area contributed by atoms with Crippen LogP contribution in [0.15, 0.2) is 6.20 Å². The normalized spacial score (nSPS) is 24.6. The highest BCUT2D eigenvalue weighted by Gasteiger charge is 2.28. The van der Waals surface area contributed by atoms with Crippen LogP contribution < -0.4 is 4.90 Å². The van der Waals surface area contributed by atoms with E-state index < -0.39 is 4.92 Å². The van der Waals surface area contributed by atoms with E-state index in [9.17, 15) is 15.2 Å². The number of anilines is 1. The van der Waals surface area contributed by atoms with Gasteiger partial charge in [-0.1, -0.05) is 12.8 Å². The monoisotopic (exact) mass is 257 g/mol. The fourth-order valence-electron chi connectivity index (χ4n) is 2.19. The molecule has 1 N–H and O–H groups in total. The lowest BCUT2D eigenvalue weighted by Gasteiger charge is -2.34. The quantitative estimate of drug-likeness (QED) is 0.659. The molecule has 0 amide bonds. The Kier molecular flexibility index (Phi) is 3.58. The van der Waals surface area contributed by atoms with Crippen molar-refractivity contribution in [1.29, 1.82) is 0 Å². The van der Waals surface area contributed by atoms with Crippen molar-refractivity contribution in [1.82, 2.24) is 4.98 Å². The fourth-order valence-corrected chi connectivity index (χ4v) is 2.94. The molecule has 0 saturated heterocycles. The minimum Gasteiger partial charge on any atom is -0.391 e. The molecule has 1 fully saturated rings. The molecule has 1 aromatic rings. The molecule has 1 saturated carbocycles. The van der Waals surface area contributed by atoms with Crippen LogP contribution in [0.5, 0.6) is 0 Å². The van der Waals surface area contributed by atoms with Crippen LogP contribution in [0.25, 0.3) is 0 Å². The number of thiazole rings is 1. The molecule has 1 aromatic heterocycles. The largest absolute Gasteiger partial charge is 0.391 e. The number of likely N-dealkylation sites (N-methyl/N-ethyl adjacent to an activating group) is 1. The third-order valence-electron chi connectivity index (χ3n) is 3.15. The molecule has 0 aliphatic heterocycles. The van der Waals surface area contributed by atoms with Crippen LogP contribution in [0.2, 0.25) is 0 Å². The summed E-state index contributed by atoms with van der Waals surface area (Å²) in [5, 5.41) is 21.1. The standard InChI is InChI=1S/C10H15N3O3S/c1-12(7-4-2-3-5-8(7)14)10-11-6-9(17-10)13(15)16/h6-8,14H,2-5H2,1H3. The zero-order valence-electron chi connectivity index (χ0n) is 9.57. The lowest BCUT2D eigenvalue weighted by atomic mass is 9.92. The minimum absolute atomic E-state index is 0.0227. The van der Waals surface area contributed by atoms with E-state index in [2.05, 4.69) is 4.98 Å². The van der Waals surface area contributed by atoms with Crippen LogP contribution in [-0.4, -0.2) is 34.2 Å². The van der Waals surface area contributed by atoms with Crippen LogP contribution >= 0.6 is 11.3 Å². The lowest BCUT2D eigenvalue weighted by Crippen LogP contribution is -2.43. The maximum atomic E-state index is 10.6. The number of hydrogen-bond acceptors (Lipinski definition) is 6. The summed E-state index contributed by atoms with van der Waals surface area (Å²) in [5.74, 6) is 0. The van der Waals surface area contributed by atoms with Gasteiger partial charge >= 0.3 is 5.00 Å². The molecule has 1 aliphatic rings. The van der Waals surface area contributed by atoms with E-state index in [0.717, 1.165) is 37.0 Å². The molecular weight excluding hydrogens is 242 g/mol. The molecule has 2 rings (SSSR count). The van der Waals surface area contributed by atoms with Gasteiger partial charge in [-0.3, -0.25) is 10.1 Å². The first-order valence-electron chi connectivity index (χ1n) is 5.60. The van der Waals surface area contributed by atoms with Crippen LogP contribution in [0.4, 0.5) is 10.1 Å². The summed E-state index contributed by atoms with van der Waals surface area (Å²) in [6, 6.07) is 0.0227. The molecule has 94 valence electrons. The van der Waals surface area contributed by atoms with Crippen molar-refractivity contribution in [2.75, 3.05) is 11.9 Å². The first-order valence-corrected chi connectivity index (χ1v) is 6.42. The van der Waals surface area contributed by atoms with Gasteiger partial charge in [-0.25, -0.2) is 4.98 Å². The van der Waals surface area contributed by atoms with Crippen molar-refractivity contribution in [3.8, 4) is 0 Å². The van der Waals surface area contributed by atoms with Crippen molar-refractivity contribution in [3.05, 3.63) is 16.3 Å².